The third-order valence-electron chi connectivity index (χ3n) is 1.96. The Hall–Kier alpha value is -0.900. The van der Waals surface area contributed by atoms with E-state index in [-0.39, 0.29) is 16.5 Å². The fraction of sp³-hybridized carbons (Fsp3) is 0.750. The topological polar surface area (TPSA) is 52.4 Å². The Morgan fingerprint density at radius 3 is 3.00 bits per heavy atom. The first-order chi connectivity index (χ1) is 5.70. The van der Waals surface area contributed by atoms with E-state index in [2.05, 4.69) is 0 Å². The van der Waals surface area contributed by atoms with E-state index in [0.29, 0.717) is 6.61 Å². The average molecular weight is 171 g/mol. The van der Waals surface area contributed by atoms with Crippen LogP contribution in [0.2, 0.25) is 0 Å². The average Bonchev–Trinajstić information content (AvgIpc) is 2.06. The molecule has 1 saturated heterocycles. The van der Waals surface area contributed by atoms with Gasteiger partial charge in [0, 0.05) is 19.4 Å². The van der Waals surface area contributed by atoms with Crippen LogP contribution in [-0.2, 0) is 4.74 Å². The Labute approximate surface area is 71.4 Å². The molecule has 0 radical (unpaired) electrons. The van der Waals surface area contributed by atoms with Crippen LogP contribution in [0.4, 0.5) is 0 Å². The summed E-state index contributed by atoms with van der Waals surface area (Å²) in [4.78, 5) is 9.92. The van der Waals surface area contributed by atoms with Gasteiger partial charge in [-0.2, -0.15) is 0 Å². The second-order valence-electron chi connectivity index (χ2n) is 3.04. The lowest BCUT2D eigenvalue weighted by molar-refractivity contribution is -0.425. The van der Waals surface area contributed by atoms with Crippen LogP contribution >= 0.6 is 0 Å². The van der Waals surface area contributed by atoms with Crippen LogP contribution in [0.1, 0.15) is 19.8 Å². The van der Waals surface area contributed by atoms with Gasteiger partial charge in [-0.1, -0.05) is 0 Å². The molecule has 0 spiro atoms. The zero-order valence-corrected chi connectivity index (χ0v) is 7.16. The lowest BCUT2D eigenvalue weighted by Crippen LogP contribution is -2.16. The molecule has 0 aromatic heterocycles. The van der Waals surface area contributed by atoms with Crippen molar-refractivity contribution in [2.45, 2.75) is 19.8 Å². The van der Waals surface area contributed by atoms with Crippen LogP contribution in [0.5, 0.6) is 0 Å². The van der Waals surface area contributed by atoms with Crippen LogP contribution in [0.3, 0.4) is 0 Å². The molecule has 1 rings (SSSR count). The van der Waals surface area contributed by atoms with Crippen molar-refractivity contribution in [3.8, 4) is 0 Å². The third-order valence-corrected chi connectivity index (χ3v) is 1.96. The van der Waals surface area contributed by atoms with E-state index in [9.17, 15) is 10.1 Å². The molecule has 1 aliphatic heterocycles. The van der Waals surface area contributed by atoms with E-state index >= 15 is 0 Å². The second-order valence-corrected chi connectivity index (χ2v) is 3.04. The third kappa shape index (κ3) is 2.62. The number of hydrogen-bond donors (Lipinski definition) is 0. The van der Waals surface area contributed by atoms with E-state index in [4.69, 9.17) is 4.74 Å². The van der Waals surface area contributed by atoms with Gasteiger partial charge in [-0.25, -0.2) is 0 Å². The number of allylic oxidation sites excluding steroid dienone is 1. The molecule has 0 amide bonds. The summed E-state index contributed by atoms with van der Waals surface area (Å²) in [6, 6.07) is 0. The SMILES string of the molecule is C/C(=C\C1CCCOC1)[N+](=O)[O-]. The monoisotopic (exact) mass is 171 g/mol. The summed E-state index contributed by atoms with van der Waals surface area (Å²) in [6.07, 6.45) is 3.70. The van der Waals surface area contributed by atoms with E-state index in [1.807, 2.05) is 0 Å². The van der Waals surface area contributed by atoms with Crippen molar-refractivity contribution in [3.05, 3.63) is 21.9 Å². The summed E-state index contributed by atoms with van der Waals surface area (Å²) in [5.41, 5.74) is 0.227. The van der Waals surface area contributed by atoms with Gasteiger partial charge in [-0.15, -0.1) is 0 Å². The first kappa shape index (κ1) is 9.19. The Morgan fingerprint density at radius 2 is 2.50 bits per heavy atom. The Morgan fingerprint density at radius 1 is 1.75 bits per heavy atom. The zero-order chi connectivity index (χ0) is 8.97. The molecule has 0 N–H and O–H groups in total. The quantitative estimate of drug-likeness (QED) is 0.468. The largest absolute Gasteiger partial charge is 0.381 e. The summed E-state index contributed by atoms with van der Waals surface area (Å²) < 4.78 is 5.20. The smallest absolute Gasteiger partial charge is 0.239 e. The molecule has 1 atom stereocenters. The molecule has 4 heteroatoms. The molecule has 1 heterocycles. The summed E-state index contributed by atoms with van der Waals surface area (Å²) in [5, 5.41) is 10.3. The lowest BCUT2D eigenvalue weighted by atomic mass is 10.0. The molecular formula is C8H13NO3. The predicted molar refractivity (Wildman–Crippen MR) is 44.3 cm³/mol. The minimum absolute atomic E-state index is 0.227. The maximum atomic E-state index is 10.3. The summed E-state index contributed by atoms with van der Waals surface area (Å²) in [6.45, 7) is 2.95. The molecule has 0 bridgehead atoms. The van der Waals surface area contributed by atoms with Crippen LogP contribution in [-0.4, -0.2) is 18.1 Å². The highest BCUT2D eigenvalue weighted by Crippen LogP contribution is 2.16. The minimum atomic E-state index is -0.353. The Balaban J connectivity index is 2.47. The molecule has 0 aromatic carbocycles. The van der Waals surface area contributed by atoms with Gasteiger partial charge in [-0.05, 0) is 18.9 Å². The number of rotatable bonds is 2. The van der Waals surface area contributed by atoms with E-state index in [1.54, 1.807) is 6.08 Å². The van der Waals surface area contributed by atoms with Crippen LogP contribution in [0, 0.1) is 16.0 Å². The predicted octanol–water partition coefficient (Wildman–Crippen LogP) is 1.59. The van der Waals surface area contributed by atoms with Crippen molar-refractivity contribution in [2.24, 2.45) is 5.92 Å². The zero-order valence-electron chi connectivity index (χ0n) is 7.16. The van der Waals surface area contributed by atoms with E-state index in [1.165, 1.54) is 6.92 Å². The highest BCUT2D eigenvalue weighted by molar-refractivity contribution is 4.93. The van der Waals surface area contributed by atoms with Crippen molar-refractivity contribution >= 4 is 0 Å². The van der Waals surface area contributed by atoms with Crippen LogP contribution < -0.4 is 0 Å². The molecule has 68 valence electrons. The minimum Gasteiger partial charge on any atom is -0.381 e. The van der Waals surface area contributed by atoms with Gasteiger partial charge in [0.05, 0.1) is 11.5 Å². The van der Waals surface area contributed by atoms with E-state index < -0.39 is 0 Å². The van der Waals surface area contributed by atoms with Gasteiger partial charge in [0.25, 0.3) is 0 Å². The number of nitrogens with zero attached hydrogens (tertiary/aromatic N) is 1. The first-order valence-electron chi connectivity index (χ1n) is 4.10. The fourth-order valence-electron chi connectivity index (χ4n) is 1.30. The molecule has 0 aromatic rings. The van der Waals surface area contributed by atoms with Crippen LogP contribution in [0.25, 0.3) is 0 Å². The summed E-state index contributed by atoms with van der Waals surface area (Å²) in [7, 11) is 0. The molecule has 0 saturated carbocycles. The second kappa shape index (κ2) is 4.21. The number of hydrogen-bond acceptors (Lipinski definition) is 3. The standard InChI is InChI=1S/C8H13NO3/c1-7(9(10)11)5-8-3-2-4-12-6-8/h5,8H,2-4,6H2,1H3/b7-5+. The highest BCUT2D eigenvalue weighted by atomic mass is 16.6. The van der Waals surface area contributed by atoms with Gasteiger partial charge < -0.3 is 4.74 Å². The molecule has 1 aliphatic rings. The first-order valence-corrected chi connectivity index (χ1v) is 4.10. The van der Waals surface area contributed by atoms with Crippen molar-refractivity contribution in [1.82, 2.24) is 0 Å². The molecule has 1 unspecified atom stereocenters. The number of ether oxygens (including phenoxy) is 1. The van der Waals surface area contributed by atoms with Gasteiger partial charge in [0.2, 0.25) is 5.70 Å². The van der Waals surface area contributed by atoms with Crippen LogP contribution in [0.15, 0.2) is 11.8 Å². The molecule has 12 heavy (non-hydrogen) atoms. The molecular weight excluding hydrogens is 158 g/mol. The van der Waals surface area contributed by atoms with Gasteiger partial charge in [0.15, 0.2) is 0 Å². The van der Waals surface area contributed by atoms with Gasteiger partial charge in [-0.3, -0.25) is 10.1 Å². The maximum absolute atomic E-state index is 10.3. The Bertz CT molecular complexity index is 194. The number of nitro groups is 1. The molecule has 0 aliphatic carbocycles. The maximum Gasteiger partial charge on any atom is 0.239 e. The van der Waals surface area contributed by atoms with Crippen molar-refractivity contribution in [3.63, 3.8) is 0 Å². The normalized spacial score (nSPS) is 25.4. The van der Waals surface area contributed by atoms with Crippen molar-refractivity contribution in [1.29, 1.82) is 0 Å². The fourth-order valence-corrected chi connectivity index (χ4v) is 1.30. The summed E-state index contributed by atoms with van der Waals surface area (Å²) in [5.74, 6) is 0.240. The summed E-state index contributed by atoms with van der Waals surface area (Å²) >= 11 is 0. The highest BCUT2D eigenvalue weighted by Gasteiger charge is 2.14. The molecule has 1 fully saturated rings. The van der Waals surface area contributed by atoms with Crippen molar-refractivity contribution < 1.29 is 9.66 Å². The van der Waals surface area contributed by atoms with Crippen molar-refractivity contribution in [2.75, 3.05) is 13.2 Å². The van der Waals surface area contributed by atoms with Gasteiger partial charge >= 0.3 is 0 Å². The van der Waals surface area contributed by atoms with Gasteiger partial charge in [0.1, 0.15) is 0 Å². The lowest BCUT2D eigenvalue weighted by Gasteiger charge is -2.18. The Kier molecular flexibility index (Phi) is 3.22. The molecule has 4 nitrogen and oxygen atoms in total. The van der Waals surface area contributed by atoms with E-state index in [0.717, 1.165) is 19.4 Å².